The van der Waals surface area contributed by atoms with Crippen LogP contribution in [0.1, 0.15) is 5.56 Å². The quantitative estimate of drug-likeness (QED) is 0.312. The molecule has 184 valence electrons. The molecule has 3 amide bonds. The molecule has 1 fully saturated rings. The van der Waals surface area contributed by atoms with Crippen LogP contribution in [0.3, 0.4) is 0 Å². The summed E-state index contributed by atoms with van der Waals surface area (Å²) in [4.78, 5) is 38.6. The third kappa shape index (κ3) is 6.45. The Balaban J connectivity index is 1.36. The van der Waals surface area contributed by atoms with Crippen molar-refractivity contribution in [1.82, 2.24) is 4.90 Å². The molecule has 36 heavy (non-hydrogen) atoms. The lowest BCUT2D eigenvalue weighted by atomic mass is 10.2. The Morgan fingerprint density at radius 2 is 1.61 bits per heavy atom. The summed E-state index contributed by atoms with van der Waals surface area (Å²) in [5.41, 5.74) is 1.24. The van der Waals surface area contributed by atoms with Crippen molar-refractivity contribution in [3.63, 3.8) is 0 Å². The van der Waals surface area contributed by atoms with Crippen LogP contribution in [0, 0.1) is 0 Å². The SMILES string of the molecule is COc1cc(/C=C2\SC(=O)N(CC(=O)Nc3ccccc3)C2=O)ccc1OCCOc1ccccc1. The fourth-order valence-corrected chi connectivity index (χ4v) is 4.21. The zero-order chi connectivity index (χ0) is 25.3. The highest BCUT2D eigenvalue weighted by Gasteiger charge is 2.36. The van der Waals surface area contributed by atoms with Crippen LogP contribution in [0.4, 0.5) is 10.5 Å². The highest BCUT2D eigenvalue weighted by molar-refractivity contribution is 8.18. The largest absolute Gasteiger partial charge is 0.493 e. The van der Waals surface area contributed by atoms with Gasteiger partial charge in [0.05, 0.1) is 12.0 Å². The Labute approximate surface area is 212 Å². The van der Waals surface area contributed by atoms with Gasteiger partial charge in [0.1, 0.15) is 25.5 Å². The fraction of sp³-hybridized carbons (Fsp3) is 0.148. The number of nitrogens with zero attached hydrogens (tertiary/aromatic N) is 1. The normalized spacial score (nSPS) is 14.1. The first-order chi connectivity index (χ1) is 17.5. The van der Waals surface area contributed by atoms with Gasteiger partial charge in [0.25, 0.3) is 11.1 Å². The molecule has 4 rings (SSSR count). The summed E-state index contributed by atoms with van der Waals surface area (Å²) in [7, 11) is 1.52. The van der Waals surface area contributed by atoms with E-state index in [2.05, 4.69) is 5.32 Å². The van der Waals surface area contributed by atoms with Gasteiger partial charge in [0.2, 0.25) is 5.91 Å². The van der Waals surface area contributed by atoms with E-state index in [0.717, 1.165) is 22.4 Å². The number of carbonyl (C=O) groups excluding carboxylic acids is 3. The number of hydrogen-bond donors (Lipinski definition) is 1. The van der Waals surface area contributed by atoms with Crippen LogP contribution in [0.25, 0.3) is 6.08 Å². The molecule has 0 radical (unpaired) electrons. The van der Waals surface area contributed by atoms with E-state index in [1.165, 1.54) is 7.11 Å². The van der Waals surface area contributed by atoms with Crippen molar-refractivity contribution in [3.05, 3.63) is 89.3 Å². The first-order valence-electron chi connectivity index (χ1n) is 11.1. The number of benzene rings is 3. The van der Waals surface area contributed by atoms with Crippen molar-refractivity contribution >= 4 is 40.6 Å². The third-order valence-corrected chi connectivity index (χ3v) is 5.98. The van der Waals surface area contributed by atoms with E-state index in [9.17, 15) is 14.4 Å². The Morgan fingerprint density at radius 1 is 0.917 bits per heavy atom. The molecule has 0 aromatic heterocycles. The Morgan fingerprint density at radius 3 is 2.33 bits per heavy atom. The van der Waals surface area contributed by atoms with Crippen LogP contribution < -0.4 is 19.5 Å². The molecule has 9 heteroatoms. The minimum absolute atomic E-state index is 0.222. The van der Waals surface area contributed by atoms with Gasteiger partial charge in [0.15, 0.2) is 11.5 Å². The number of nitrogens with one attached hydrogen (secondary N) is 1. The number of anilines is 1. The van der Waals surface area contributed by atoms with Crippen LogP contribution in [-0.4, -0.2) is 48.8 Å². The molecule has 1 heterocycles. The van der Waals surface area contributed by atoms with E-state index >= 15 is 0 Å². The Hall–Kier alpha value is -4.24. The second-order valence-corrected chi connectivity index (χ2v) is 8.60. The van der Waals surface area contributed by atoms with Gasteiger partial charge in [-0.25, -0.2) is 0 Å². The summed E-state index contributed by atoms with van der Waals surface area (Å²) in [6.45, 7) is 0.312. The number of hydrogen-bond acceptors (Lipinski definition) is 7. The molecular formula is C27H24N2O6S. The van der Waals surface area contributed by atoms with Gasteiger partial charge in [-0.05, 0) is 59.8 Å². The number of imide groups is 1. The molecule has 3 aromatic rings. The molecule has 3 aromatic carbocycles. The number of methoxy groups -OCH3 is 1. The zero-order valence-electron chi connectivity index (χ0n) is 19.5. The van der Waals surface area contributed by atoms with E-state index in [4.69, 9.17) is 14.2 Å². The van der Waals surface area contributed by atoms with Gasteiger partial charge in [-0.3, -0.25) is 19.3 Å². The van der Waals surface area contributed by atoms with Crippen LogP contribution in [0.2, 0.25) is 0 Å². The van der Waals surface area contributed by atoms with Gasteiger partial charge in [-0.1, -0.05) is 42.5 Å². The van der Waals surface area contributed by atoms with Gasteiger partial charge >= 0.3 is 0 Å². The lowest BCUT2D eigenvalue weighted by Crippen LogP contribution is -2.36. The van der Waals surface area contributed by atoms with Crippen molar-refractivity contribution in [2.24, 2.45) is 0 Å². The molecular weight excluding hydrogens is 480 g/mol. The smallest absolute Gasteiger partial charge is 0.294 e. The van der Waals surface area contributed by atoms with Crippen molar-refractivity contribution in [3.8, 4) is 17.2 Å². The van der Waals surface area contributed by atoms with E-state index in [0.29, 0.717) is 36.0 Å². The van der Waals surface area contributed by atoms with Crippen LogP contribution in [-0.2, 0) is 9.59 Å². The van der Waals surface area contributed by atoms with Crippen molar-refractivity contribution < 1.29 is 28.6 Å². The fourth-order valence-electron chi connectivity index (χ4n) is 3.37. The number of rotatable bonds is 10. The average molecular weight is 505 g/mol. The number of carbonyl (C=O) groups is 3. The topological polar surface area (TPSA) is 94.2 Å². The Kier molecular flexibility index (Phi) is 8.25. The monoisotopic (exact) mass is 504 g/mol. The van der Waals surface area contributed by atoms with Gasteiger partial charge in [-0.15, -0.1) is 0 Å². The molecule has 0 saturated carbocycles. The van der Waals surface area contributed by atoms with Crippen molar-refractivity contribution in [1.29, 1.82) is 0 Å². The lowest BCUT2D eigenvalue weighted by Gasteiger charge is -2.13. The second kappa shape index (κ2) is 11.9. The number of para-hydroxylation sites is 2. The summed E-state index contributed by atoms with van der Waals surface area (Å²) in [6, 6.07) is 23.5. The summed E-state index contributed by atoms with van der Waals surface area (Å²) >= 11 is 0.787. The van der Waals surface area contributed by atoms with Gasteiger partial charge in [0, 0.05) is 5.69 Å². The van der Waals surface area contributed by atoms with E-state index < -0.39 is 17.1 Å². The molecule has 8 nitrogen and oxygen atoms in total. The summed E-state index contributed by atoms with van der Waals surface area (Å²) < 4.78 is 16.8. The molecule has 1 saturated heterocycles. The van der Waals surface area contributed by atoms with Gasteiger partial charge in [-0.2, -0.15) is 0 Å². The van der Waals surface area contributed by atoms with E-state index in [1.54, 1.807) is 48.5 Å². The zero-order valence-corrected chi connectivity index (χ0v) is 20.3. The minimum atomic E-state index is -0.523. The summed E-state index contributed by atoms with van der Waals surface area (Å²) in [6.07, 6.45) is 1.59. The molecule has 1 aliphatic rings. The maximum absolute atomic E-state index is 12.8. The van der Waals surface area contributed by atoms with E-state index in [1.807, 2.05) is 36.4 Å². The van der Waals surface area contributed by atoms with Gasteiger partial charge < -0.3 is 19.5 Å². The molecule has 0 atom stereocenters. The van der Waals surface area contributed by atoms with E-state index in [-0.39, 0.29) is 11.4 Å². The minimum Gasteiger partial charge on any atom is -0.493 e. The standard InChI is InChI=1S/C27H24N2O6S/c1-33-23-16-19(12-13-22(23)35-15-14-34-21-10-6-3-7-11-21)17-24-26(31)29(27(32)36-24)18-25(30)28-20-8-4-2-5-9-20/h2-13,16-17H,14-15,18H2,1H3,(H,28,30)/b24-17-. The average Bonchev–Trinajstić information content (AvgIpc) is 3.15. The Bertz CT molecular complexity index is 1260. The predicted octanol–water partition coefficient (Wildman–Crippen LogP) is 4.83. The summed E-state index contributed by atoms with van der Waals surface area (Å²) in [5.74, 6) is 0.784. The summed E-state index contributed by atoms with van der Waals surface area (Å²) in [5, 5.41) is 2.17. The maximum Gasteiger partial charge on any atom is 0.294 e. The predicted molar refractivity (Wildman–Crippen MR) is 138 cm³/mol. The highest BCUT2D eigenvalue weighted by Crippen LogP contribution is 2.34. The maximum atomic E-state index is 12.8. The number of ether oxygens (including phenoxy) is 3. The third-order valence-electron chi connectivity index (χ3n) is 5.07. The number of amides is 3. The number of thioether (sulfide) groups is 1. The first kappa shape index (κ1) is 24.9. The second-order valence-electron chi connectivity index (χ2n) is 7.60. The van der Waals surface area contributed by atoms with Crippen molar-refractivity contribution in [2.45, 2.75) is 0 Å². The molecule has 0 unspecified atom stereocenters. The molecule has 0 aliphatic carbocycles. The lowest BCUT2D eigenvalue weighted by molar-refractivity contribution is -0.127. The molecule has 0 spiro atoms. The van der Waals surface area contributed by atoms with Crippen LogP contribution in [0.5, 0.6) is 17.2 Å². The van der Waals surface area contributed by atoms with Crippen LogP contribution >= 0.6 is 11.8 Å². The van der Waals surface area contributed by atoms with Crippen LogP contribution in [0.15, 0.2) is 83.8 Å². The molecule has 0 bridgehead atoms. The molecule has 1 aliphatic heterocycles. The van der Waals surface area contributed by atoms with Crippen molar-refractivity contribution in [2.75, 3.05) is 32.2 Å². The molecule has 1 N–H and O–H groups in total. The first-order valence-corrected chi connectivity index (χ1v) is 11.9. The highest BCUT2D eigenvalue weighted by atomic mass is 32.2.